The van der Waals surface area contributed by atoms with Crippen molar-refractivity contribution in [1.82, 2.24) is 21.3 Å². The van der Waals surface area contributed by atoms with Gasteiger partial charge in [0.1, 0.15) is 0 Å². The molecule has 2 rings (SSSR count). The van der Waals surface area contributed by atoms with Crippen LogP contribution in [0.25, 0.3) is 0 Å². The van der Waals surface area contributed by atoms with Gasteiger partial charge in [-0.2, -0.15) is 0 Å². The molecule has 0 heterocycles. The van der Waals surface area contributed by atoms with Gasteiger partial charge in [-0.15, -0.1) is 0 Å². The minimum absolute atomic E-state index is 0.110. The Morgan fingerprint density at radius 3 is 1.52 bits per heavy atom. The van der Waals surface area contributed by atoms with Gasteiger partial charge >= 0.3 is 0 Å². The number of amides is 2. The summed E-state index contributed by atoms with van der Waals surface area (Å²) in [5.74, 6) is -0.220. The van der Waals surface area contributed by atoms with Crippen LogP contribution in [0.5, 0.6) is 0 Å². The number of carbonyl (C=O) groups excluding carboxylic acids is 2. The van der Waals surface area contributed by atoms with Crippen LogP contribution in [0.4, 0.5) is 0 Å². The first-order chi connectivity index (χ1) is 15.1. The van der Waals surface area contributed by atoms with E-state index >= 15 is 0 Å². The van der Waals surface area contributed by atoms with Gasteiger partial charge < -0.3 is 32.7 Å². The molecule has 2 aromatic rings. The molecular weight excluding hydrogens is 392 g/mol. The molecule has 8 N–H and O–H groups in total. The Labute approximate surface area is 184 Å². The summed E-state index contributed by atoms with van der Waals surface area (Å²) in [6, 6.07) is 16.1. The molecular formula is C23H34N6O2. The molecule has 0 aliphatic carbocycles. The fourth-order valence-electron chi connectivity index (χ4n) is 3.02. The van der Waals surface area contributed by atoms with Crippen LogP contribution in [0.1, 0.15) is 35.1 Å². The van der Waals surface area contributed by atoms with E-state index in [2.05, 4.69) is 33.4 Å². The number of rotatable bonds is 14. The van der Waals surface area contributed by atoms with Crippen LogP contribution in [0.3, 0.4) is 0 Å². The third kappa shape index (κ3) is 10.2. The van der Waals surface area contributed by atoms with E-state index < -0.39 is 0 Å². The summed E-state index contributed by atoms with van der Waals surface area (Å²) < 4.78 is 0. The molecule has 0 aliphatic rings. The summed E-state index contributed by atoms with van der Waals surface area (Å²) in [6.45, 7) is 3.64. The molecule has 0 aliphatic heterocycles. The van der Waals surface area contributed by atoms with Crippen molar-refractivity contribution in [2.75, 3.05) is 19.8 Å². The summed E-state index contributed by atoms with van der Waals surface area (Å²) in [4.78, 5) is 23.7. The number of benzene rings is 2. The van der Waals surface area contributed by atoms with E-state index in [1.807, 2.05) is 36.4 Å². The largest absolute Gasteiger partial charge is 0.339 e. The molecule has 0 bridgehead atoms. The predicted molar refractivity (Wildman–Crippen MR) is 122 cm³/mol. The fourth-order valence-corrected chi connectivity index (χ4v) is 3.02. The van der Waals surface area contributed by atoms with Crippen molar-refractivity contribution in [3.05, 3.63) is 70.8 Å². The maximum Gasteiger partial charge on any atom is 0.222 e. The van der Waals surface area contributed by atoms with Gasteiger partial charge in [0.25, 0.3) is 0 Å². The first kappa shape index (κ1) is 24.5. The standard InChI is InChI=1S/C23H34N6O2/c24-13-18-3-1-5-20(11-18)15-26-9-7-22(30)28-17-29-23(31)8-10-27-16-21-6-2-4-19(12-21)14-25/h1-6,11-12,26-27H,7-10,13-17,24-25H2,(H,28,30)(H,29,31). The second kappa shape index (κ2) is 14.3. The first-order valence-corrected chi connectivity index (χ1v) is 10.6. The Morgan fingerprint density at radius 2 is 1.10 bits per heavy atom. The average molecular weight is 427 g/mol. The maximum atomic E-state index is 11.9. The third-order valence-electron chi connectivity index (χ3n) is 4.74. The lowest BCUT2D eigenvalue weighted by molar-refractivity contribution is -0.122. The van der Waals surface area contributed by atoms with Crippen LogP contribution in [0.2, 0.25) is 0 Å². The highest BCUT2D eigenvalue weighted by Crippen LogP contribution is 2.05. The number of nitrogens with one attached hydrogen (secondary N) is 4. The average Bonchev–Trinajstić information content (AvgIpc) is 2.80. The number of nitrogens with two attached hydrogens (primary N) is 2. The van der Waals surface area contributed by atoms with Crippen molar-refractivity contribution in [3.8, 4) is 0 Å². The monoisotopic (exact) mass is 426 g/mol. The van der Waals surface area contributed by atoms with Crippen molar-refractivity contribution in [2.45, 2.75) is 39.0 Å². The lowest BCUT2D eigenvalue weighted by Crippen LogP contribution is -2.39. The van der Waals surface area contributed by atoms with Crippen LogP contribution in [-0.2, 0) is 35.8 Å². The fraction of sp³-hybridized carbons (Fsp3) is 0.391. The predicted octanol–water partition coefficient (Wildman–Crippen LogP) is 0.454. The third-order valence-corrected chi connectivity index (χ3v) is 4.74. The van der Waals surface area contributed by atoms with Crippen LogP contribution in [0.15, 0.2) is 48.5 Å². The molecule has 8 nitrogen and oxygen atoms in total. The number of carbonyl (C=O) groups is 2. The summed E-state index contributed by atoms with van der Waals surface area (Å²) in [7, 11) is 0. The second-order valence-corrected chi connectivity index (χ2v) is 7.28. The zero-order valence-electron chi connectivity index (χ0n) is 18.0. The number of hydrogen-bond acceptors (Lipinski definition) is 6. The zero-order chi connectivity index (χ0) is 22.3. The molecule has 0 atom stereocenters. The Hall–Kier alpha value is -2.78. The summed E-state index contributed by atoms with van der Waals surface area (Å²) in [5.41, 5.74) is 15.7. The zero-order valence-corrected chi connectivity index (χ0v) is 18.0. The Kier molecular flexibility index (Phi) is 11.3. The molecule has 2 amide bonds. The second-order valence-electron chi connectivity index (χ2n) is 7.28. The highest BCUT2D eigenvalue weighted by atomic mass is 16.2. The molecule has 0 aromatic heterocycles. The highest BCUT2D eigenvalue weighted by molar-refractivity contribution is 5.78. The van der Waals surface area contributed by atoms with Gasteiger partial charge in [0.15, 0.2) is 0 Å². The van der Waals surface area contributed by atoms with Gasteiger partial charge in [-0.1, -0.05) is 48.5 Å². The van der Waals surface area contributed by atoms with Crippen molar-refractivity contribution in [2.24, 2.45) is 11.5 Å². The van der Waals surface area contributed by atoms with E-state index in [1.165, 1.54) is 0 Å². The summed E-state index contributed by atoms with van der Waals surface area (Å²) >= 11 is 0. The molecule has 0 fully saturated rings. The van der Waals surface area contributed by atoms with Gasteiger partial charge in [0, 0.05) is 52.1 Å². The van der Waals surface area contributed by atoms with Crippen LogP contribution in [0, 0.1) is 0 Å². The van der Waals surface area contributed by atoms with E-state index in [4.69, 9.17) is 11.5 Å². The van der Waals surface area contributed by atoms with Gasteiger partial charge in [-0.3, -0.25) is 9.59 Å². The molecule has 0 unspecified atom stereocenters. The van der Waals surface area contributed by atoms with Crippen LogP contribution in [-0.4, -0.2) is 31.6 Å². The highest BCUT2D eigenvalue weighted by Gasteiger charge is 2.04. The maximum absolute atomic E-state index is 11.9. The molecule has 0 spiro atoms. The van der Waals surface area contributed by atoms with Gasteiger partial charge in [-0.25, -0.2) is 0 Å². The summed E-state index contributed by atoms with van der Waals surface area (Å²) in [5, 5.41) is 11.9. The molecule has 2 aromatic carbocycles. The van der Waals surface area contributed by atoms with Gasteiger partial charge in [-0.05, 0) is 22.3 Å². The smallest absolute Gasteiger partial charge is 0.222 e. The van der Waals surface area contributed by atoms with Crippen LogP contribution >= 0.6 is 0 Å². The molecule has 0 saturated carbocycles. The van der Waals surface area contributed by atoms with Crippen molar-refractivity contribution in [1.29, 1.82) is 0 Å². The molecule has 0 radical (unpaired) electrons. The van der Waals surface area contributed by atoms with Crippen molar-refractivity contribution < 1.29 is 9.59 Å². The minimum Gasteiger partial charge on any atom is -0.339 e. The minimum atomic E-state index is -0.110. The lowest BCUT2D eigenvalue weighted by atomic mass is 10.1. The van der Waals surface area contributed by atoms with Gasteiger partial charge in [0.2, 0.25) is 11.8 Å². The normalized spacial score (nSPS) is 10.6. The SMILES string of the molecule is NCc1cccc(CNCCC(=O)NCNC(=O)CCNCc2cccc(CN)c2)c1. The van der Waals surface area contributed by atoms with E-state index in [0.29, 0.717) is 52.1 Å². The van der Waals surface area contributed by atoms with Crippen molar-refractivity contribution in [3.63, 3.8) is 0 Å². The molecule has 168 valence electrons. The first-order valence-electron chi connectivity index (χ1n) is 10.6. The quantitative estimate of drug-likeness (QED) is 0.192. The molecule has 0 saturated heterocycles. The summed E-state index contributed by atoms with van der Waals surface area (Å²) in [6.07, 6.45) is 0.686. The van der Waals surface area contributed by atoms with Crippen LogP contribution < -0.4 is 32.7 Å². The lowest BCUT2D eigenvalue weighted by Gasteiger charge is -2.09. The molecule has 31 heavy (non-hydrogen) atoms. The van der Waals surface area contributed by atoms with E-state index in [0.717, 1.165) is 22.3 Å². The van der Waals surface area contributed by atoms with E-state index in [1.54, 1.807) is 0 Å². The number of hydrogen-bond donors (Lipinski definition) is 6. The van der Waals surface area contributed by atoms with E-state index in [9.17, 15) is 9.59 Å². The molecule has 8 heteroatoms. The Balaban J connectivity index is 1.48. The van der Waals surface area contributed by atoms with Crippen molar-refractivity contribution >= 4 is 11.8 Å². The Bertz CT molecular complexity index is 760. The Morgan fingerprint density at radius 1 is 0.677 bits per heavy atom. The van der Waals surface area contributed by atoms with Gasteiger partial charge in [0.05, 0.1) is 6.67 Å². The topological polar surface area (TPSA) is 134 Å². The van der Waals surface area contributed by atoms with E-state index in [-0.39, 0.29) is 18.5 Å².